The van der Waals surface area contributed by atoms with Crippen molar-refractivity contribution in [1.29, 1.82) is 0 Å². The molecule has 2 nitrogen and oxygen atoms in total. The first kappa shape index (κ1) is 13.7. The molecule has 0 aromatic heterocycles. The van der Waals surface area contributed by atoms with E-state index in [0.29, 0.717) is 15.8 Å². The third kappa shape index (κ3) is 3.41. The van der Waals surface area contributed by atoms with Crippen LogP contribution in [0, 0.1) is 5.82 Å². The van der Waals surface area contributed by atoms with E-state index in [1.165, 1.54) is 19.1 Å². The maximum atomic E-state index is 13.0. The second-order valence-electron chi connectivity index (χ2n) is 4.08. The van der Waals surface area contributed by atoms with Crippen molar-refractivity contribution in [3.63, 3.8) is 0 Å². The van der Waals surface area contributed by atoms with E-state index in [1.807, 2.05) is 6.07 Å². The summed E-state index contributed by atoms with van der Waals surface area (Å²) >= 11 is 3.28. The Morgan fingerprint density at radius 2 is 2.00 bits per heavy atom. The molecular formula is C15H12BrFO2. The number of halogens is 2. The molecule has 19 heavy (non-hydrogen) atoms. The molecular weight excluding hydrogens is 311 g/mol. The van der Waals surface area contributed by atoms with Gasteiger partial charge < -0.3 is 4.74 Å². The third-order valence-corrected chi connectivity index (χ3v) is 3.40. The molecule has 0 heterocycles. The lowest BCUT2D eigenvalue weighted by Crippen LogP contribution is -2.02. The molecule has 0 radical (unpaired) electrons. The number of ether oxygens (including phenoxy) is 1. The van der Waals surface area contributed by atoms with Crippen molar-refractivity contribution in [2.24, 2.45) is 0 Å². The Morgan fingerprint density at radius 1 is 1.26 bits per heavy atom. The summed E-state index contributed by atoms with van der Waals surface area (Å²) in [5.74, 6) is 0.180. The third-order valence-electron chi connectivity index (χ3n) is 2.66. The van der Waals surface area contributed by atoms with Crippen LogP contribution in [0.15, 0.2) is 46.9 Å². The van der Waals surface area contributed by atoms with Gasteiger partial charge in [-0.05, 0) is 31.2 Å². The normalized spacial score (nSPS) is 10.3. The minimum Gasteiger partial charge on any atom is -0.488 e. The standard InChI is InChI=1S/C15H12BrFO2/c1-10(18)13-4-2-3-5-15(13)19-9-11-6-7-12(17)8-14(11)16/h2-8H,9H2,1H3. The summed E-state index contributed by atoms with van der Waals surface area (Å²) in [4.78, 5) is 11.5. The summed E-state index contributed by atoms with van der Waals surface area (Å²) in [5.41, 5.74) is 1.36. The molecule has 0 atom stereocenters. The molecule has 0 aliphatic heterocycles. The van der Waals surface area contributed by atoms with E-state index >= 15 is 0 Å². The predicted molar refractivity (Wildman–Crippen MR) is 74.9 cm³/mol. The Balaban J connectivity index is 2.17. The van der Waals surface area contributed by atoms with Crippen LogP contribution in [0.4, 0.5) is 4.39 Å². The van der Waals surface area contributed by atoms with Crippen molar-refractivity contribution < 1.29 is 13.9 Å². The number of para-hydroxylation sites is 1. The van der Waals surface area contributed by atoms with Gasteiger partial charge in [-0.25, -0.2) is 4.39 Å². The summed E-state index contributed by atoms with van der Waals surface area (Å²) in [6.07, 6.45) is 0. The molecule has 0 amide bonds. The van der Waals surface area contributed by atoms with Gasteiger partial charge >= 0.3 is 0 Å². The molecule has 0 N–H and O–H groups in total. The van der Waals surface area contributed by atoms with Crippen LogP contribution in [0.5, 0.6) is 5.75 Å². The number of Topliss-reactive ketones (excluding diaryl/α,β-unsaturated/α-hetero) is 1. The Hall–Kier alpha value is -1.68. The minimum absolute atomic E-state index is 0.0474. The van der Waals surface area contributed by atoms with Gasteiger partial charge in [0.25, 0.3) is 0 Å². The highest BCUT2D eigenvalue weighted by atomic mass is 79.9. The van der Waals surface area contributed by atoms with Crippen LogP contribution in [-0.4, -0.2) is 5.78 Å². The first-order valence-electron chi connectivity index (χ1n) is 5.74. The zero-order valence-corrected chi connectivity index (χ0v) is 11.9. The molecule has 0 bridgehead atoms. The van der Waals surface area contributed by atoms with Gasteiger partial charge in [-0.15, -0.1) is 0 Å². The number of hydrogen-bond donors (Lipinski definition) is 0. The quantitative estimate of drug-likeness (QED) is 0.781. The lowest BCUT2D eigenvalue weighted by Gasteiger charge is -2.10. The lowest BCUT2D eigenvalue weighted by molar-refractivity contribution is 0.101. The second kappa shape index (κ2) is 5.97. The predicted octanol–water partition coefficient (Wildman–Crippen LogP) is 4.37. The van der Waals surface area contributed by atoms with Gasteiger partial charge in [0.05, 0.1) is 5.56 Å². The van der Waals surface area contributed by atoms with Crippen LogP contribution in [0.2, 0.25) is 0 Å². The number of carbonyl (C=O) groups excluding carboxylic acids is 1. The monoisotopic (exact) mass is 322 g/mol. The number of rotatable bonds is 4. The van der Waals surface area contributed by atoms with Crippen LogP contribution >= 0.6 is 15.9 Å². The number of hydrogen-bond acceptors (Lipinski definition) is 2. The van der Waals surface area contributed by atoms with Crippen molar-refractivity contribution in [1.82, 2.24) is 0 Å². The molecule has 0 saturated carbocycles. The van der Waals surface area contributed by atoms with Crippen molar-refractivity contribution in [2.45, 2.75) is 13.5 Å². The maximum absolute atomic E-state index is 13.0. The van der Waals surface area contributed by atoms with Gasteiger partial charge in [0.15, 0.2) is 5.78 Å². The van der Waals surface area contributed by atoms with E-state index in [9.17, 15) is 9.18 Å². The van der Waals surface area contributed by atoms with Gasteiger partial charge in [-0.3, -0.25) is 4.79 Å². The van der Waals surface area contributed by atoms with Crippen molar-refractivity contribution >= 4 is 21.7 Å². The highest BCUT2D eigenvalue weighted by Crippen LogP contribution is 2.23. The Morgan fingerprint density at radius 3 is 2.68 bits per heavy atom. The molecule has 0 fully saturated rings. The number of ketones is 1. The Labute approximate surface area is 119 Å². The minimum atomic E-state index is -0.306. The smallest absolute Gasteiger partial charge is 0.163 e. The summed E-state index contributed by atoms with van der Waals surface area (Å²) in [6, 6.07) is 11.5. The zero-order chi connectivity index (χ0) is 13.8. The van der Waals surface area contributed by atoms with Gasteiger partial charge in [0.2, 0.25) is 0 Å². The molecule has 0 spiro atoms. The SMILES string of the molecule is CC(=O)c1ccccc1OCc1ccc(F)cc1Br. The van der Waals surface area contributed by atoms with Gasteiger partial charge in [0.1, 0.15) is 18.2 Å². The second-order valence-corrected chi connectivity index (χ2v) is 4.93. The van der Waals surface area contributed by atoms with Crippen LogP contribution in [0.3, 0.4) is 0 Å². The van der Waals surface area contributed by atoms with E-state index in [1.54, 1.807) is 24.3 Å². The fourth-order valence-corrected chi connectivity index (χ4v) is 2.14. The van der Waals surface area contributed by atoms with Crippen molar-refractivity contribution in [3.05, 3.63) is 63.9 Å². The average molecular weight is 323 g/mol. The van der Waals surface area contributed by atoms with Crippen molar-refractivity contribution in [2.75, 3.05) is 0 Å². The number of carbonyl (C=O) groups is 1. The fourth-order valence-electron chi connectivity index (χ4n) is 1.68. The van der Waals surface area contributed by atoms with E-state index in [-0.39, 0.29) is 18.2 Å². The Bertz CT molecular complexity index is 611. The molecule has 2 rings (SSSR count). The van der Waals surface area contributed by atoms with Gasteiger partial charge in [-0.2, -0.15) is 0 Å². The average Bonchev–Trinajstić information content (AvgIpc) is 2.38. The van der Waals surface area contributed by atoms with Crippen LogP contribution in [0.1, 0.15) is 22.8 Å². The van der Waals surface area contributed by atoms with Crippen LogP contribution in [-0.2, 0) is 6.61 Å². The topological polar surface area (TPSA) is 26.3 Å². The summed E-state index contributed by atoms with van der Waals surface area (Å²) in [6.45, 7) is 1.77. The lowest BCUT2D eigenvalue weighted by atomic mass is 10.1. The van der Waals surface area contributed by atoms with Gasteiger partial charge in [0, 0.05) is 10.0 Å². The molecule has 2 aromatic carbocycles. The molecule has 0 aliphatic rings. The first-order chi connectivity index (χ1) is 9.08. The molecule has 0 aliphatic carbocycles. The molecule has 2 aromatic rings. The van der Waals surface area contributed by atoms with E-state index in [4.69, 9.17) is 4.74 Å². The van der Waals surface area contributed by atoms with Crippen LogP contribution < -0.4 is 4.74 Å². The van der Waals surface area contributed by atoms with E-state index < -0.39 is 0 Å². The summed E-state index contributed by atoms with van der Waals surface area (Å²) < 4.78 is 19.2. The molecule has 0 saturated heterocycles. The highest BCUT2D eigenvalue weighted by Gasteiger charge is 2.08. The Kier molecular flexibility index (Phi) is 4.32. The van der Waals surface area contributed by atoms with Crippen LogP contribution in [0.25, 0.3) is 0 Å². The molecule has 4 heteroatoms. The first-order valence-corrected chi connectivity index (χ1v) is 6.54. The molecule has 0 unspecified atom stereocenters. The summed E-state index contributed by atoms with van der Waals surface area (Å²) in [5, 5.41) is 0. The summed E-state index contributed by atoms with van der Waals surface area (Å²) in [7, 11) is 0. The largest absolute Gasteiger partial charge is 0.488 e. The van der Waals surface area contributed by atoms with E-state index in [0.717, 1.165) is 5.56 Å². The fraction of sp³-hybridized carbons (Fsp3) is 0.133. The molecule has 98 valence electrons. The maximum Gasteiger partial charge on any atom is 0.163 e. The van der Waals surface area contributed by atoms with Crippen molar-refractivity contribution in [3.8, 4) is 5.75 Å². The van der Waals surface area contributed by atoms with Gasteiger partial charge in [-0.1, -0.05) is 34.1 Å². The zero-order valence-electron chi connectivity index (χ0n) is 10.3. The van der Waals surface area contributed by atoms with E-state index in [2.05, 4.69) is 15.9 Å². The number of benzene rings is 2. The highest BCUT2D eigenvalue weighted by molar-refractivity contribution is 9.10.